The van der Waals surface area contributed by atoms with Crippen LogP contribution in [-0.2, 0) is 6.67 Å². The lowest BCUT2D eigenvalue weighted by Gasteiger charge is -2.29. The van der Waals surface area contributed by atoms with Crippen LogP contribution in [-0.4, -0.2) is 32.3 Å². The highest BCUT2D eigenvalue weighted by molar-refractivity contribution is 7.71. The van der Waals surface area contributed by atoms with Crippen molar-refractivity contribution in [1.29, 1.82) is 0 Å². The second kappa shape index (κ2) is 6.34. The normalized spacial score (nSPS) is 17.0. The van der Waals surface area contributed by atoms with Gasteiger partial charge in [-0.3, -0.25) is 9.47 Å². The number of benzene rings is 1. The van der Waals surface area contributed by atoms with Crippen molar-refractivity contribution < 1.29 is 0 Å². The van der Waals surface area contributed by atoms with Crippen LogP contribution >= 0.6 is 12.2 Å². The van der Waals surface area contributed by atoms with Crippen molar-refractivity contribution in [2.75, 3.05) is 13.1 Å². The van der Waals surface area contributed by atoms with Crippen LogP contribution in [0.25, 0.3) is 5.69 Å². The van der Waals surface area contributed by atoms with E-state index in [0.29, 0.717) is 0 Å². The summed E-state index contributed by atoms with van der Waals surface area (Å²) in [7, 11) is 0. The SMILES string of the molecule is Cc1ccc(-n2c(C)nn(CN3CCC(C)CC3)c2=S)cc1. The molecule has 0 bridgehead atoms. The van der Waals surface area contributed by atoms with Gasteiger partial charge in [0, 0.05) is 18.8 Å². The topological polar surface area (TPSA) is 26.0 Å². The van der Waals surface area contributed by atoms with Gasteiger partial charge in [-0.1, -0.05) is 24.6 Å². The van der Waals surface area contributed by atoms with Crippen LogP contribution in [0.4, 0.5) is 0 Å². The molecule has 0 atom stereocenters. The molecule has 0 saturated carbocycles. The molecule has 1 aromatic heterocycles. The fraction of sp³-hybridized carbons (Fsp3) is 0.529. The number of hydrogen-bond acceptors (Lipinski definition) is 3. The molecule has 1 fully saturated rings. The molecule has 5 heteroatoms. The van der Waals surface area contributed by atoms with Gasteiger partial charge in [0.2, 0.25) is 4.77 Å². The number of nitrogens with zero attached hydrogens (tertiary/aromatic N) is 4. The first kappa shape index (κ1) is 15.4. The van der Waals surface area contributed by atoms with Gasteiger partial charge in [0.25, 0.3) is 0 Å². The van der Waals surface area contributed by atoms with Crippen molar-refractivity contribution >= 4 is 12.2 Å². The zero-order chi connectivity index (χ0) is 15.7. The number of likely N-dealkylation sites (tertiary alicyclic amines) is 1. The quantitative estimate of drug-likeness (QED) is 0.807. The van der Waals surface area contributed by atoms with E-state index in [4.69, 9.17) is 12.2 Å². The van der Waals surface area contributed by atoms with E-state index in [-0.39, 0.29) is 0 Å². The molecule has 0 amide bonds. The average Bonchev–Trinajstić information content (AvgIpc) is 2.77. The molecule has 22 heavy (non-hydrogen) atoms. The summed E-state index contributed by atoms with van der Waals surface area (Å²) >= 11 is 5.66. The number of aryl methyl sites for hydroxylation is 2. The Labute approximate surface area is 137 Å². The minimum Gasteiger partial charge on any atom is -0.284 e. The van der Waals surface area contributed by atoms with Crippen molar-refractivity contribution in [3.05, 3.63) is 40.4 Å². The predicted octanol–water partition coefficient (Wildman–Crippen LogP) is 3.71. The summed E-state index contributed by atoms with van der Waals surface area (Å²) in [4.78, 5) is 2.45. The van der Waals surface area contributed by atoms with E-state index in [2.05, 4.69) is 52.7 Å². The molecule has 4 nitrogen and oxygen atoms in total. The molecule has 1 aromatic carbocycles. The molecule has 118 valence electrons. The van der Waals surface area contributed by atoms with E-state index in [1.807, 2.05) is 11.6 Å². The lowest BCUT2D eigenvalue weighted by Crippen LogP contribution is -2.34. The molecule has 0 radical (unpaired) electrons. The maximum absolute atomic E-state index is 5.66. The van der Waals surface area contributed by atoms with Gasteiger partial charge in [0.1, 0.15) is 5.82 Å². The third kappa shape index (κ3) is 3.15. The first-order chi connectivity index (χ1) is 10.5. The largest absolute Gasteiger partial charge is 0.284 e. The van der Waals surface area contributed by atoms with Crippen molar-refractivity contribution in [3.63, 3.8) is 0 Å². The Hall–Kier alpha value is -1.46. The molecule has 2 heterocycles. The lowest BCUT2D eigenvalue weighted by molar-refractivity contribution is 0.146. The van der Waals surface area contributed by atoms with Crippen LogP contribution < -0.4 is 0 Å². The summed E-state index contributed by atoms with van der Waals surface area (Å²) in [6, 6.07) is 8.43. The van der Waals surface area contributed by atoms with E-state index in [0.717, 1.165) is 42.0 Å². The summed E-state index contributed by atoms with van der Waals surface area (Å²) in [5.41, 5.74) is 2.34. The van der Waals surface area contributed by atoms with E-state index in [9.17, 15) is 0 Å². The number of aromatic nitrogens is 3. The lowest BCUT2D eigenvalue weighted by atomic mass is 10.00. The van der Waals surface area contributed by atoms with Gasteiger partial charge >= 0.3 is 0 Å². The highest BCUT2D eigenvalue weighted by Crippen LogP contribution is 2.18. The Balaban J connectivity index is 1.84. The molecule has 0 unspecified atom stereocenters. The third-order valence-corrected chi connectivity index (χ3v) is 4.90. The monoisotopic (exact) mass is 316 g/mol. The van der Waals surface area contributed by atoms with Gasteiger partial charge < -0.3 is 0 Å². The summed E-state index contributed by atoms with van der Waals surface area (Å²) in [6.07, 6.45) is 2.54. The minimum atomic E-state index is 0.778. The van der Waals surface area contributed by atoms with Gasteiger partial charge in [-0.25, -0.2) is 4.68 Å². The number of piperidine rings is 1. The van der Waals surface area contributed by atoms with Crippen LogP contribution in [0.1, 0.15) is 31.2 Å². The summed E-state index contributed by atoms with van der Waals surface area (Å²) in [5.74, 6) is 1.79. The van der Waals surface area contributed by atoms with Crippen LogP contribution in [0.2, 0.25) is 0 Å². The van der Waals surface area contributed by atoms with Crippen LogP contribution in [0.5, 0.6) is 0 Å². The average molecular weight is 316 g/mol. The highest BCUT2D eigenvalue weighted by atomic mass is 32.1. The number of rotatable bonds is 3. The molecular formula is C17H24N4S. The molecule has 0 N–H and O–H groups in total. The van der Waals surface area contributed by atoms with Crippen LogP contribution in [0, 0.1) is 24.5 Å². The van der Waals surface area contributed by atoms with Gasteiger partial charge in [-0.15, -0.1) is 0 Å². The number of hydrogen-bond donors (Lipinski definition) is 0. The fourth-order valence-corrected chi connectivity index (χ4v) is 3.33. The molecule has 3 rings (SSSR count). The van der Waals surface area contributed by atoms with Crippen LogP contribution in [0.15, 0.2) is 24.3 Å². The summed E-state index contributed by atoms with van der Waals surface area (Å²) in [6.45, 7) is 9.52. The summed E-state index contributed by atoms with van der Waals surface area (Å²) in [5, 5.41) is 4.66. The molecular weight excluding hydrogens is 292 g/mol. The smallest absolute Gasteiger partial charge is 0.203 e. The molecule has 2 aromatic rings. The van der Waals surface area contributed by atoms with E-state index >= 15 is 0 Å². The Morgan fingerprint density at radius 1 is 1.14 bits per heavy atom. The minimum absolute atomic E-state index is 0.778. The first-order valence-corrected chi connectivity index (χ1v) is 8.41. The Kier molecular flexibility index (Phi) is 4.45. The first-order valence-electron chi connectivity index (χ1n) is 8.00. The molecule has 1 aliphatic heterocycles. The van der Waals surface area contributed by atoms with Gasteiger partial charge in [0.05, 0.1) is 6.67 Å². The van der Waals surface area contributed by atoms with Crippen molar-refractivity contribution in [1.82, 2.24) is 19.2 Å². The fourth-order valence-electron chi connectivity index (χ4n) is 2.99. The van der Waals surface area contributed by atoms with Crippen molar-refractivity contribution in [3.8, 4) is 5.69 Å². The molecule has 0 aliphatic carbocycles. The molecule has 1 aliphatic rings. The van der Waals surface area contributed by atoms with E-state index in [1.165, 1.54) is 18.4 Å². The Morgan fingerprint density at radius 2 is 1.77 bits per heavy atom. The van der Waals surface area contributed by atoms with E-state index < -0.39 is 0 Å². The van der Waals surface area contributed by atoms with Gasteiger partial charge in [-0.2, -0.15) is 5.10 Å². The molecule has 1 saturated heterocycles. The van der Waals surface area contributed by atoms with Crippen LogP contribution in [0.3, 0.4) is 0 Å². The zero-order valence-electron chi connectivity index (χ0n) is 13.6. The Bertz CT molecular complexity index is 690. The van der Waals surface area contributed by atoms with Crippen molar-refractivity contribution in [2.24, 2.45) is 5.92 Å². The Morgan fingerprint density at radius 3 is 2.41 bits per heavy atom. The second-order valence-electron chi connectivity index (χ2n) is 6.44. The van der Waals surface area contributed by atoms with Gasteiger partial charge in [-0.05, 0) is 57.0 Å². The van der Waals surface area contributed by atoms with Gasteiger partial charge in [0.15, 0.2) is 0 Å². The predicted molar refractivity (Wildman–Crippen MR) is 91.8 cm³/mol. The standard InChI is InChI=1S/C17H24N4S/c1-13-4-6-16(7-5-13)21-15(3)18-20(17(21)22)12-19-10-8-14(2)9-11-19/h4-7,14H,8-12H2,1-3H3. The highest BCUT2D eigenvalue weighted by Gasteiger charge is 2.17. The maximum atomic E-state index is 5.66. The maximum Gasteiger partial charge on any atom is 0.203 e. The summed E-state index contributed by atoms with van der Waals surface area (Å²) < 4.78 is 4.79. The third-order valence-electron chi connectivity index (χ3n) is 4.50. The molecule has 0 spiro atoms. The van der Waals surface area contributed by atoms with Crippen molar-refractivity contribution in [2.45, 2.75) is 40.3 Å². The second-order valence-corrected chi connectivity index (χ2v) is 6.81. The van der Waals surface area contributed by atoms with E-state index in [1.54, 1.807) is 0 Å². The zero-order valence-corrected chi connectivity index (χ0v) is 14.4.